The first-order chi connectivity index (χ1) is 6.46. The van der Waals surface area contributed by atoms with Gasteiger partial charge >= 0.3 is 0 Å². The summed E-state index contributed by atoms with van der Waals surface area (Å²) in [5.41, 5.74) is 6.22. The summed E-state index contributed by atoms with van der Waals surface area (Å²) in [6, 6.07) is 1.43. The molecule has 2 nitrogen and oxygen atoms in total. The molecule has 0 saturated carbocycles. The van der Waals surface area contributed by atoms with Crippen LogP contribution in [0.25, 0.3) is 0 Å². The number of hydrogen-bond donors (Lipinski definition) is 1. The predicted octanol–water partition coefficient (Wildman–Crippen LogP) is 2.38. The maximum absolute atomic E-state index is 6.23. The second-order valence-electron chi connectivity index (χ2n) is 5.31. The molecule has 2 N–H and O–H groups in total. The van der Waals surface area contributed by atoms with Crippen LogP contribution in [0.3, 0.4) is 0 Å². The monoisotopic (exact) mass is 198 g/mol. The van der Waals surface area contributed by atoms with E-state index in [1.54, 1.807) is 0 Å². The van der Waals surface area contributed by atoms with Gasteiger partial charge in [0, 0.05) is 24.2 Å². The SMILES string of the molecule is CCC(C)(N)CN1[C@H](C)CCC[C@@H]1C. The molecule has 0 aromatic carbocycles. The number of piperidine rings is 1. The molecule has 1 aliphatic rings. The van der Waals surface area contributed by atoms with Gasteiger partial charge in [0.2, 0.25) is 0 Å². The molecular weight excluding hydrogens is 172 g/mol. The zero-order valence-corrected chi connectivity index (χ0v) is 10.2. The fourth-order valence-corrected chi connectivity index (χ4v) is 2.32. The smallest absolute Gasteiger partial charge is 0.0252 e. The van der Waals surface area contributed by atoms with E-state index in [2.05, 4.69) is 32.6 Å². The lowest BCUT2D eigenvalue weighted by molar-refractivity contribution is 0.0779. The van der Waals surface area contributed by atoms with Gasteiger partial charge in [0.05, 0.1) is 0 Å². The molecule has 1 unspecified atom stereocenters. The Morgan fingerprint density at radius 2 is 1.79 bits per heavy atom. The van der Waals surface area contributed by atoms with Crippen LogP contribution in [0, 0.1) is 0 Å². The van der Waals surface area contributed by atoms with Gasteiger partial charge in [-0.25, -0.2) is 0 Å². The molecule has 1 rings (SSSR count). The molecular formula is C12H26N2. The number of rotatable bonds is 3. The van der Waals surface area contributed by atoms with E-state index in [9.17, 15) is 0 Å². The number of nitrogens with zero attached hydrogens (tertiary/aromatic N) is 1. The van der Waals surface area contributed by atoms with Crippen molar-refractivity contribution in [1.82, 2.24) is 4.90 Å². The van der Waals surface area contributed by atoms with E-state index in [0.29, 0.717) is 12.1 Å². The predicted molar refractivity (Wildman–Crippen MR) is 62.4 cm³/mol. The fraction of sp³-hybridized carbons (Fsp3) is 1.00. The third-order valence-electron chi connectivity index (χ3n) is 3.73. The maximum Gasteiger partial charge on any atom is 0.0252 e. The molecule has 0 spiro atoms. The maximum atomic E-state index is 6.23. The van der Waals surface area contributed by atoms with E-state index in [0.717, 1.165) is 13.0 Å². The second kappa shape index (κ2) is 4.63. The third-order valence-corrected chi connectivity index (χ3v) is 3.73. The Morgan fingerprint density at radius 1 is 1.29 bits per heavy atom. The minimum atomic E-state index is -0.0140. The van der Waals surface area contributed by atoms with E-state index < -0.39 is 0 Å². The third kappa shape index (κ3) is 2.96. The Morgan fingerprint density at radius 3 is 2.21 bits per heavy atom. The lowest BCUT2D eigenvalue weighted by atomic mass is 9.92. The van der Waals surface area contributed by atoms with Crippen molar-refractivity contribution in [3.8, 4) is 0 Å². The van der Waals surface area contributed by atoms with Crippen LogP contribution >= 0.6 is 0 Å². The van der Waals surface area contributed by atoms with Crippen LogP contribution in [-0.2, 0) is 0 Å². The van der Waals surface area contributed by atoms with Crippen LogP contribution in [0.5, 0.6) is 0 Å². The lowest BCUT2D eigenvalue weighted by Gasteiger charge is -2.43. The number of nitrogens with two attached hydrogens (primary N) is 1. The summed E-state index contributed by atoms with van der Waals surface area (Å²) in [5.74, 6) is 0. The quantitative estimate of drug-likeness (QED) is 0.754. The van der Waals surface area contributed by atoms with Crippen molar-refractivity contribution in [2.75, 3.05) is 6.54 Å². The van der Waals surface area contributed by atoms with Crippen LogP contribution in [0.2, 0.25) is 0 Å². The highest BCUT2D eigenvalue weighted by molar-refractivity contribution is 4.88. The minimum absolute atomic E-state index is 0.0140. The summed E-state index contributed by atoms with van der Waals surface area (Å²) in [6.07, 6.45) is 5.11. The molecule has 0 aromatic heterocycles. The lowest BCUT2D eigenvalue weighted by Crippen LogP contribution is -2.54. The highest BCUT2D eigenvalue weighted by Crippen LogP contribution is 2.24. The van der Waals surface area contributed by atoms with Crippen LogP contribution in [0.1, 0.15) is 53.4 Å². The largest absolute Gasteiger partial charge is 0.324 e. The first-order valence-electron chi connectivity index (χ1n) is 6.01. The van der Waals surface area contributed by atoms with Gasteiger partial charge in [-0.3, -0.25) is 4.90 Å². The Kier molecular flexibility index (Phi) is 3.96. The van der Waals surface area contributed by atoms with Crippen molar-refractivity contribution in [2.45, 2.75) is 71.0 Å². The van der Waals surface area contributed by atoms with Gasteiger partial charge in [0.15, 0.2) is 0 Å². The van der Waals surface area contributed by atoms with Crippen molar-refractivity contribution in [3.63, 3.8) is 0 Å². The van der Waals surface area contributed by atoms with E-state index in [4.69, 9.17) is 5.73 Å². The molecule has 0 bridgehead atoms. The van der Waals surface area contributed by atoms with Gasteiger partial charge in [-0.15, -0.1) is 0 Å². The molecule has 84 valence electrons. The van der Waals surface area contributed by atoms with Gasteiger partial charge in [-0.2, -0.15) is 0 Å². The van der Waals surface area contributed by atoms with E-state index in [1.165, 1.54) is 19.3 Å². The van der Waals surface area contributed by atoms with Gasteiger partial charge in [-0.05, 0) is 40.0 Å². The molecule has 1 fully saturated rings. The molecule has 0 aliphatic carbocycles. The molecule has 1 saturated heterocycles. The van der Waals surface area contributed by atoms with Crippen LogP contribution < -0.4 is 5.73 Å². The second-order valence-corrected chi connectivity index (χ2v) is 5.31. The highest BCUT2D eigenvalue weighted by Gasteiger charge is 2.29. The van der Waals surface area contributed by atoms with Gasteiger partial charge in [0.1, 0.15) is 0 Å². The Hall–Kier alpha value is -0.0800. The molecule has 0 aromatic rings. The number of likely N-dealkylation sites (tertiary alicyclic amines) is 1. The standard InChI is InChI=1S/C12H26N2/c1-5-12(4,13)9-14-10(2)7-6-8-11(14)3/h10-11H,5-9,13H2,1-4H3/t10-,11+,12?. The highest BCUT2D eigenvalue weighted by atomic mass is 15.2. The van der Waals surface area contributed by atoms with Gasteiger partial charge in [0.25, 0.3) is 0 Å². The minimum Gasteiger partial charge on any atom is -0.324 e. The van der Waals surface area contributed by atoms with Gasteiger partial charge < -0.3 is 5.73 Å². The van der Waals surface area contributed by atoms with Crippen molar-refractivity contribution >= 4 is 0 Å². The average molecular weight is 198 g/mol. The van der Waals surface area contributed by atoms with Crippen LogP contribution in [-0.4, -0.2) is 29.1 Å². The zero-order valence-electron chi connectivity index (χ0n) is 10.2. The van der Waals surface area contributed by atoms with Gasteiger partial charge in [-0.1, -0.05) is 13.3 Å². The summed E-state index contributed by atoms with van der Waals surface area (Å²) >= 11 is 0. The Labute approximate surface area is 88.8 Å². The summed E-state index contributed by atoms with van der Waals surface area (Å²) in [4.78, 5) is 2.59. The molecule has 2 heteroatoms. The van der Waals surface area contributed by atoms with E-state index in [1.807, 2.05) is 0 Å². The van der Waals surface area contributed by atoms with E-state index in [-0.39, 0.29) is 5.54 Å². The van der Waals surface area contributed by atoms with Crippen LogP contribution in [0.4, 0.5) is 0 Å². The zero-order chi connectivity index (χ0) is 10.8. The van der Waals surface area contributed by atoms with E-state index >= 15 is 0 Å². The number of hydrogen-bond acceptors (Lipinski definition) is 2. The van der Waals surface area contributed by atoms with Crippen molar-refractivity contribution in [2.24, 2.45) is 5.73 Å². The molecule has 0 amide bonds. The molecule has 1 heterocycles. The average Bonchev–Trinajstić information content (AvgIpc) is 2.12. The normalized spacial score (nSPS) is 34.1. The van der Waals surface area contributed by atoms with Crippen molar-refractivity contribution in [3.05, 3.63) is 0 Å². The molecule has 1 aliphatic heterocycles. The topological polar surface area (TPSA) is 29.3 Å². The van der Waals surface area contributed by atoms with Crippen molar-refractivity contribution in [1.29, 1.82) is 0 Å². The summed E-state index contributed by atoms with van der Waals surface area (Å²) in [5, 5.41) is 0. The fourth-order valence-electron chi connectivity index (χ4n) is 2.32. The Bertz CT molecular complexity index is 167. The van der Waals surface area contributed by atoms with Crippen LogP contribution in [0.15, 0.2) is 0 Å². The summed E-state index contributed by atoms with van der Waals surface area (Å²) in [7, 11) is 0. The molecule has 0 radical (unpaired) electrons. The Balaban J connectivity index is 2.56. The summed E-state index contributed by atoms with van der Waals surface area (Å²) in [6.45, 7) is 10.1. The first-order valence-corrected chi connectivity index (χ1v) is 6.01. The first kappa shape index (κ1) is 12.0. The molecule has 3 atom stereocenters. The summed E-state index contributed by atoms with van der Waals surface area (Å²) < 4.78 is 0. The molecule has 14 heavy (non-hydrogen) atoms. The van der Waals surface area contributed by atoms with Crippen molar-refractivity contribution < 1.29 is 0 Å².